The average molecular weight is 352 g/mol. The summed E-state index contributed by atoms with van der Waals surface area (Å²) in [6, 6.07) is 4.04. The van der Waals surface area contributed by atoms with E-state index in [9.17, 15) is 13.6 Å². The molecule has 1 aromatic rings. The molecule has 0 saturated carbocycles. The van der Waals surface area contributed by atoms with E-state index in [1.165, 1.54) is 6.07 Å². The number of ether oxygens (including phenoxy) is 1. The predicted octanol–water partition coefficient (Wildman–Crippen LogP) is 3.39. The van der Waals surface area contributed by atoms with Gasteiger partial charge in [-0.25, -0.2) is 0 Å². The molecule has 1 rings (SSSR count). The highest BCUT2D eigenvalue weighted by Gasteiger charge is 2.15. The zero-order valence-electron chi connectivity index (χ0n) is 10.9. The number of nitrogens with one attached hydrogen (secondary N) is 1. The highest BCUT2D eigenvalue weighted by Crippen LogP contribution is 2.27. The molecule has 0 radical (unpaired) electrons. The maximum Gasteiger partial charge on any atom is 0.387 e. The lowest BCUT2D eigenvalue weighted by molar-refractivity contribution is -0.139. The molecule has 0 aliphatic heterocycles. The minimum atomic E-state index is -2.88. The van der Waals surface area contributed by atoms with Crippen molar-refractivity contribution in [2.45, 2.75) is 39.0 Å². The second-order valence-corrected chi connectivity index (χ2v) is 5.06. The van der Waals surface area contributed by atoms with E-state index in [0.29, 0.717) is 17.4 Å². The Hall–Kier alpha value is -1.21. The molecule has 0 bridgehead atoms. The molecule has 0 amide bonds. The number of hydrogen-bond acceptors (Lipinski definition) is 3. The van der Waals surface area contributed by atoms with Crippen molar-refractivity contribution < 1.29 is 23.4 Å². The zero-order chi connectivity index (χ0) is 15.1. The zero-order valence-corrected chi connectivity index (χ0v) is 12.5. The summed E-state index contributed by atoms with van der Waals surface area (Å²) in [7, 11) is 0. The van der Waals surface area contributed by atoms with Gasteiger partial charge in [0.05, 0.1) is 4.47 Å². The van der Waals surface area contributed by atoms with E-state index in [4.69, 9.17) is 5.11 Å². The Balaban J connectivity index is 2.64. The molecule has 0 aromatic heterocycles. The lowest BCUT2D eigenvalue weighted by atomic mass is 10.1. The van der Waals surface area contributed by atoms with E-state index in [1.54, 1.807) is 12.1 Å². The van der Waals surface area contributed by atoms with Gasteiger partial charge in [-0.2, -0.15) is 8.78 Å². The number of aliphatic carboxylic acids is 1. The fourth-order valence-electron chi connectivity index (χ4n) is 1.69. The number of carboxylic acids is 1. The third-order valence-corrected chi connectivity index (χ3v) is 3.26. The van der Waals surface area contributed by atoms with E-state index in [0.717, 1.165) is 12.0 Å². The molecular weight excluding hydrogens is 336 g/mol. The fraction of sp³-hybridized carbons (Fsp3) is 0.462. The topological polar surface area (TPSA) is 58.6 Å². The molecule has 0 heterocycles. The predicted molar refractivity (Wildman–Crippen MR) is 73.9 cm³/mol. The van der Waals surface area contributed by atoms with E-state index in [1.807, 2.05) is 6.92 Å². The van der Waals surface area contributed by atoms with Crippen molar-refractivity contribution in [2.24, 2.45) is 0 Å². The van der Waals surface area contributed by atoms with Gasteiger partial charge >= 0.3 is 12.6 Å². The largest absolute Gasteiger partial charge is 0.480 e. The van der Waals surface area contributed by atoms with Crippen LogP contribution in [0.4, 0.5) is 8.78 Å². The Morgan fingerprint density at radius 1 is 1.50 bits per heavy atom. The first-order valence-corrected chi connectivity index (χ1v) is 6.92. The molecule has 1 aromatic carbocycles. The molecule has 0 fully saturated rings. The van der Waals surface area contributed by atoms with E-state index >= 15 is 0 Å². The number of benzene rings is 1. The van der Waals surface area contributed by atoms with E-state index < -0.39 is 18.6 Å². The number of carboxylic acid groups (broad SMARTS) is 1. The highest BCUT2D eigenvalue weighted by molar-refractivity contribution is 9.10. The molecule has 0 aliphatic carbocycles. The van der Waals surface area contributed by atoms with Gasteiger partial charge in [0.2, 0.25) is 0 Å². The Kier molecular flexibility index (Phi) is 6.87. The molecule has 1 atom stereocenters. The van der Waals surface area contributed by atoms with Crippen molar-refractivity contribution in [3.63, 3.8) is 0 Å². The van der Waals surface area contributed by atoms with Gasteiger partial charge in [-0.3, -0.25) is 4.79 Å². The van der Waals surface area contributed by atoms with Crippen LogP contribution in [0, 0.1) is 0 Å². The first-order chi connectivity index (χ1) is 9.43. The van der Waals surface area contributed by atoms with Crippen molar-refractivity contribution in [3.8, 4) is 5.75 Å². The van der Waals surface area contributed by atoms with Gasteiger partial charge in [0.25, 0.3) is 0 Å². The summed E-state index contributed by atoms with van der Waals surface area (Å²) in [5, 5.41) is 11.9. The van der Waals surface area contributed by atoms with Crippen LogP contribution in [0.3, 0.4) is 0 Å². The van der Waals surface area contributed by atoms with Crippen molar-refractivity contribution in [2.75, 3.05) is 0 Å². The van der Waals surface area contributed by atoms with Crippen molar-refractivity contribution in [3.05, 3.63) is 28.2 Å². The van der Waals surface area contributed by atoms with E-state index in [-0.39, 0.29) is 5.75 Å². The van der Waals surface area contributed by atoms with E-state index in [2.05, 4.69) is 26.0 Å². The summed E-state index contributed by atoms with van der Waals surface area (Å²) in [5.41, 5.74) is 0.779. The lowest BCUT2D eigenvalue weighted by Crippen LogP contribution is -2.35. The highest BCUT2D eigenvalue weighted by atomic mass is 79.9. The van der Waals surface area contributed by atoms with Crippen LogP contribution in [0.1, 0.15) is 25.3 Å². The number of rotatable bonds is 8. The average Bonchev–Trinajstić information content (AvgIpc) is 2.36. The van der Waals surface area contributed by atoms with Crippen LogP contribution < -0.4 is 10.1 Å². The van der Waals surface area contributed by atoms with Crippen LogP contribution in [0.15, 0.2) is 22.7 Å². The van der Waals surface area contributed by atoms with Gasteiger partial charge in [-0.1, -0.05) is 19.4 Å². The van der Waals surface area contributed by atoms with Crippen LogP contribution in [0.2, 0.25) is 0 Å². The fourth-order valence-corrected chi connectivity index (χ4v) is 2.21. The molecule has 112 valence electrons. The molecule has 0 aliphatic rings. The summed E-state index contributed by atoms with van der Waals surface area (Å²) in [4.78, 5) is 11.0. The van der Waals surface area contributed by atoms with Gasteiger partial charge in [-0.05, 0) is 40.0 Å². The third kappa shape index (κ3) is 5.42. The number of alkyl halides is 2. The van der Waals surface area contributed by atoms with Crippen LogP contribution in [-0.4, -0.2) is 23.7 Å². The minimum Gasteiger partial charge on any atom is -0.480 e. The van der Waals surface area contributed by atoms with Crippen LogP contribution in [0.5, 0.6) is 5.75 Å². The number of carbonyl (C=O) groups is 1. The lowest BCUT2D eigenvalue weighted by Gasteiger charge is -2.14. The van der Waals surface area contributed by atoms with Crippen LogP contribution in [-0.2, 0) is 11.3 Å². The summed E-state index contributed by atoms with van der Waals surface area (Å²) in [6.45, 7) is -0.633. The first kappa shape index (κ1) is 16.8. The third-order valence-electron chi connectivity index (χ3n) is 2.64. The normalized spacial score (nSPS) is 12.4. The van der Waals surface area contributed by atoms with Crippen LogP contribution >= 0.6 is 15.9 Å². The van der Waals surface area contributed by atoms with Crippen molar-refractivity contribution in [1.29, 1.82) is 0 Å². The second kappa shape index (κ2) is 8.16. The SMILES string of the molecule is CCCC(NCc1ccc(OC(F)F)c(Br)c1)C(=O)O. The number of halogens is 3. The van der Waals surface area contributed by atoms with Crippen molar-refractivity contribution in [1.82, 2.24) is 5.32 Å². The summed E-state index contributed by atoms with van der Waals surface area (Å²) in [5.74, 6) is -0.851. The molecule has 2 N–H and O–H groups in total. The molecule has 4 nitrogen and oxygen atoms in total. The second-order valence-electron chi connectivity index (χ2n) is 4.20. The Labute approximate surface area is 124 Å². The maximum atomic E-state index is 12.1. The smallest absolute Gasteiger partial charge is 0.387 e. The Morgan fingerprint density at radius 3 is 2.70 bits per heavy atom. The summed E-state index contributed by atoms with van der Waals surface area (Å²) >= 11 is 3.14. The molecule has 7 heteroatoms. The molecular formula is C13H16BrF2NO3. The monoisotopic (exact) mass is 351 g/mol. The Morgan fingerprint density at radius 2 is 2.20 bits per heavy atom. The first-order valence-electron chi connectivity index (χ1n) is 6.13. The molecule has 0 spiro atoms. The molecule has 0 saturated heterocycles. The van der Waals surface area contributed by atoms with Gasteiger partial charge in [0.1, 0.15) is 11.8 Å². The van der Waals surface area contributed by atoms with Gasteiger partial charge in [0, 0.05) is 6.54 Å². The van der Waals surface area contributed by atoms with Gasteiger partial charge in [-0.15, -0.1) is 0 Å². The minimum absolute atomic E-state index is 0.0482. The molecule has 1 unspecified atom stereocenters. The van der Waals surface area contributed by atoms with Gasteiger partial charge in [0.15, 0.2) is 0 Å². The van der Waals surface area contributed by atoms with Crippen LogP contribution in [0.25, 0.3) is 0 Å². The quantitative estimate of drug-likeness (QED) is 0.753. The maximum absolute atomic E-state index is 12.1. The standard InChI is InChI=1S/C13H16BrF2NO3/c1-2-3-10(12(18)19)17-7-8-4-5-11(9(14)6-8)20-13(15)16/h4-6,10,13,17H,2-3,7H2,1H3,(H,18,19). The summed E-state index contributed by atoms with van der Waals surface area (Å²) in [6.07, 6.45) is 1.29. The van der Waals surface area contributed by atoms with Crippen molar-refractivity contribution >= 4 is 21.9 Å². The summed E-state index contributed by atoms with van der Waals surface area (Å²) < 4.78 is 28.9. The number of hydrogen-bond donors (Lipinski definition) is 2. The Bertz CT molecular complexity index is 457. The molecule has 20 heavy (non-hydrogen) atoms. The van der Waals surface area contributed by atoms with Gasteiger partial charge < -0.3 is 15.2 Å².